The van der Waals surface area contributed by atoms with Crippen molar-refractivity contribution >= 4 is 29.3 Å². The van der Waals surface area contributed by atoms with Gasteiger partial charge >= 0.3 is 0 Å². The summed E-state index contributed by atoms with van der Waals surface area (Å²) >= 11 is 2.00. The molecule has 2 saturated heterocycles. The lowest BCUT2D eigenvalue weighted by Gasteiger charge is -2.36. The van der Waals surface area contributed by atoms with Crippen LogP contribution in [0.4, 0.5) is 11.6 Å². The molecule has 0 atom stereocenters. The fraction of sp³-hybridized carbons (Fsp3) is 0.476. The van der Waals surface area contributed by atoms with Crippen molar-refractivity contribution in [2.24, 2.45) is 0 Å². The summed E-state index contributed by atoms with van der Waals surface area (Å²) in [5.41, 5.74) is 2.30. The molecule has 7 heteroatoms. The molecular weight excluding hydrogens is 370 g/mol. The minimum absolute atomic E-state index is 0.211. The summed E-state index contributed by atoms with van der Waals surface area (Å²) < 4.78 is 0. The number of amides is 1. The van der Waals surface area contributed by atoms with Crippen molar-refractivity contribution in [2.45, 2.75) is 13.3 Å². The van der Waals surface area contributed by atoms with Crippen LogP contribution in [0, 0.1) is 6.92 Å². The van der Waals surface area contributed by atoms with Crippen LogP contribution in [-0.4, -0.2) is 71.5 Å². The largest absolute Gasteiger partial charge is 0.355 e. The van der Waals surface area contributed by atoms with Crippen LogP contribution in [0.5, 0.6) is 0 Å². The zero-order chi connectivity index (χ0) is 19.3. The zero-order valence-corrected chi connectivity index (χ0v) is 17.2. The van der Waals surface area contributed by atoms with E-state index in [1.807, 2.05) is 34.9 Å². The van der Waals surface area contributed by atoms with E-state index < -0.39 is 0 Å². The number of hydrogen-bond acceptors (Lipinski definition) is 6. The first-order chi connectivity index (χ1) is 13.7. The molecule has 0 N–H and O–H groups in total. The minimum atomic E-state index is 0.211. The van der Waals surface area contributed by atoms with Gasteiger partial charge in [-0.15, -0.1) is 0 Å². The van der Waals surface area contributed by atoms with Gasteiger partial charge in [-0.2, -0.15) is 11.8 Å². The second-order valence-corrected chi connectivity index (χ2v) is 8.53. The van der Waals surface area contributed by atoms with E-state index in [1.165, 1.54) is 5.56 Å². The molecule has 1 aromatic heterocycles. The van der Waals surface area contributed by atoms with E-state index in [-0.39, 0.29) is 5.91 Å². The van der Waals surface area contributed by atoms with Crippen LogP contribution < -0.4 is 9.80 Å². The zero-order valence-electron chi connectivity index (χ0n) is 16.4. The molecule has 0 radical (unpaired) electrons. The topological polar surface area (TPSA) is 52.6 Å². The number of benzene rings is 1. The highest BCUT2D eigenvalue weighted by Crippen LogP contribution is 2.22. The van der Waals surface area contributed by atoms with Crippen LogP contribution in [0.1, 0.15) is 11.1 Å². The van der Waals surface area contributed by atoms with Gasteiger partial charge in [-0.05, 0) is 18.1 Å². The SMILES string of the molecule is Cc1ccccc1CC(=O)N1CCN(c2cc(N3CCSCC3)ncn2)CC1. The van der Waals surface area contributed by atoms with E-state index in [9.17, 15) is 4.79 Å². The van der Waals surface area contributed by atoms with Gasteiger partial charge in [0.25, 0.3) is 0 Å². The molecule has 2 fully saturated rings. The second-order valence-electron chi connectivity index (χ2n) is 7.30. The smallest absolute Gasteiger partial charge is 0.227 e. The Morgan fingerprint density at radius 3 is 2.29 bits per heavy atom. The number of aryl methyl sites for hydroxylation is 1. The molecule has 4 rings (SSSR count). The van der Waals surface area contributed by atoms with Crippen molar-refractivity contribution in [2.75, 3.05) is 60.6 Å². The molecule has 1 aromatic carbocycles. The maximum absolute atomic E-state index is 12.7. The monoisotopic (exact) mass is 397 g/mol. The number of piperazine rings is 1. The van der Waals surface area contributed by atoms with E-state index in [1.54, 1.807) is 6.33 Å². The van der Waals surface area contributed by atoms with E-state index >= 15 is 0 Å². The van der Waals surface area contributed by atoms with Crippen LogP contribution >= 0.6 is 11.8 Å². The van der Waals surface area contributed by atoms with Gasteiger partial charge in [0.05, 0.1) is 6.42 Å². The number of rotatable bonds is 4. The van der Waals surface area contributed by atoms with E-state index in [0.29, 0.717) is 6.42 Å². The summed E-state index contributed by atoms with van der Waals surface area (Å²) in [6.45, 7) is 7.26. The quantitative estimate of drug-likeness (QED) is 0.789. The third-order valence-electron chi connectivity index (χ3n) is 5.53. The fourth-order valence-corrected chi connectivity index (χ4v) is 4.65. The molecule has 0 spiro atoms. The summed E-state index contributed by atoms with van der Waals surface area (Å²) in [6, 6.07) is 10.2. The second kappa shape index (κ2) is 8.82. The van der Waals surface area contributed by atoms with Gasteiger partial charge in [-0.3, -0.25) is 4.79 Å². The molecule has 148 valence electrons. The van der Waals surface area contributed by atoms with E-state index in [2.05, 4.69) is 38.8 Å². The van der Waals surface area contributed by atoms with Gasteiger partial charge in [0, 0.05) is 56.8 Å². The Kier molecular flexibility index (Phi) is 6.00. The predicted octanol–water partition coefficient (Wildman–Crippen LogP) is 2.23. The van der Waals surface area contributed by atoms with E-state index in [4.69, 9.17) is 0 Å². The van der Waals surface area contributed by atoms with Crippen LogP contribution in [0.25, 0.3) is 0 Å². The number of aromatic nitrogens is 2. The Morgan fingerprint density at radius 2 is 1.61 bits per heavy atom. The Balaban J connectivity index is 1.35. The number of nitrogens with zero attached hydrogens (tertiary/aromatic N) is 5. The van der Waals surface area contributed by atoms with Crippen LogP contribution in [-0.2, 0) is 11.2 Å². The molecule has 1 amide bonds. The third-order valence-corrected chi connectivity index (χ3v) is 6.48. The highest BCUT2D eigenvalue weighted by Gasteiger charge is 2.23. The van der Waals surface area contributed by atoms with Crippen molar-refractivity contribution < 1.29 is 4.79 Å². The third kappa shape index (κ3) is 4.41. The van der Waals surface area contributed by atoms with Gasteiger partial charge in [0.2, 0.25) is 5.91 Å². The van der Waals surface area contributed by atoms with Gasteiger partial charge in [-0.1, -0.05) is 24.3 Å². The first-order valence-corrected chi connectivity index (χ1v) is 11.1. The molecule has 3 heterocycles. The van der Waals surface area contributed by atoms with Crippen molar-refractivity contribution in [1.29, 1.82) is 0 Å². The highest BCUT2D eigenvalue weighted by molar-refractivity contribution is 7.99. The summed E-state index contributed by atoms with van der Waals surface area (Å²) in [7, 11) is 0. The molecule has 0 unspecified atom stereocenters. The Bertz CT molecular complexity index is 816. The molecule has 2 aliphatic rings. The summed E-state index contributed by atoms with van der Waals surface area (Å²) in [5, 5.41) is 0. The number of hydrogen-bond donors (Lipinski definition) is 0. The molecule has 28 heavy (non-hydrogen) atoms. The number of thioether (sulfide) groups is 1. The van der Waals surface area contributed by atoms with Gasteiger partial charge in [0.1, 0.15) is 18.0 Å². The summed E-state index contributed by atoms with van der Waals surface area (Å²) in [5.74, 6) is 4.50. The molecule has 0 bridgehead atoms. The molecule has 6 nitrogen and oxygen atoms in total. The average Bonchev–Trinajstić information content (AvgIpc) is 2.76. The molecule has 2 aromatic rings. The number of carbonyl (C=O) groups excluding carboxylic acids is 1. The maximum atomic E-state index is 12.7. The Morgan fingerprint density at radius 1 is 0.964 bits per heavy atom. The van der Waals surface area contributed by atoms with Gasteiger partial charge in [0.15, 0.2) is 0 Å². The first kappa shape index (κ1) is 19.1. The highest BCUT2D eigenvalue weighted by atomic mass is 32.2. The van der Waals surface area contributed by atoms with Crippen LogP contribution in [0.3, 0.4) is 0 Å². The lowest BCUT2D eigenvalue weighted by molar-refractivity contribution is -0.130. The van der Waals surface area contributed by atoms with Crippen molar-refractivity contribution in [3.8, 4) is 0 Å². The van der Waals surface area contributed by atoms with Crippen LogP contribution in [0.15, 0.2) is 36.7 Å². The molecule has 2 aliphatic heterocycles. The number of anilines is 2. The van der Waals surface area contributed by atoms with Crippen molar-refractivity contribution in [3.05, 3.63) is 47.8 Å². The van der Waals surface area contributed by atoms with E-state index in [0.717, 1.165) is 68.0 Å². The normalized spacial score (nSPS) is 17.7. The van der Waals surface area contributed by atoms with Crippen molar-refractivity contribution in [1.82, 2.24) is 14.9 Å². The van der Waals surface area contributed by atoms with Crippen LogP contribution in [0.2, 0.25) is 0 Å². The predicted molar refractivity (Wildman–Crippen MR) is 115 cm³/mol. The van der Waals surface area contributed by atoms with Crippen molar-refractivity contribution in [3.63, 3.8) is 0 Å². The summed E-state index contributed by atoms with van der Waals surface area (Å²) in [6.07, 6.45) is 2.15. The number of carbonyl (C=O) groups is 1. The fourth-order valence-electron chi connectivity index (χ4n) is 3.74. The molecule has 0 saturated carbocycles. The lowest BCUT2D eigenvalue weighted by Crippen LogP contribution is -2.49. The Hall–Kier alpha value is -2.28. The lowest BCUT2D eigenvalue weighted by atomic mass is 10.1. The maximum Gasteiger partial charge on any atom is 0.227 e. The van der Waals surface area contributed by atoms with Gasteiger partial charge in [-0.25, -0.2) is 9.97 Å². The average molecular weight is 398 g/mol. The standard InChI is InChI=1S/C21H27N5OS/c1-17-4-2-3-5-18(17)14-21(27)26-8-6-24(7-9-26)19-15-20(23-16-22-19)25-10-12-28-13-11-25/h2-5,15-16H,6-14H2,1H3. The molecular formula is C21H27N5OS. The summed E-state index contributed by atoms with van der Waals surface area (Å²) in [4.78, 5) is 28.2. The Labute approximate surface area is 170 Å². The molecule has 0 aliphatic carbocycles. The van der Waals surface area contributed by atoms with Gasteiger partial charge < -0.3 is 14.7 Å². The first-order valence-electron chi connectivity index (χ1n) is 9.93. The minimum Gasteiger partial charge on any atom is -0.355 e.